The molecular weight excluding hydrogens is 328 g/mol. The van der Waals surface area contributed by atoms with Gasteiger partial charge in [0.05, 0.1) is 16.7 Å². The van der Waals surface area contributed by atoms with Crippen LogP contribution in [0.1, 0.15) is 103 Å². The molecule has 156 valence electrons. The lowest BCUT2D eigenvalue weighted by atomic mass is 9.90. The Hall–Kier alpha value is -1.31. The lowest BCUT2D eigenvalue weighted by Gasteiger charge is -2.21. The molecule has 0 saturated heterocycles. The van der Waals surface area contributed by atoms with Gasteiger partial charge in [0.1, 0.15) is 0 Å². The second-order valence-corrected chi connectivity index (χ2v) is 12.7. The molecule has 2 aromatic rings. The highest BCUT2D eigenvalue weighted by atomic mass is 15.3. The molecule has 1 heterocycles. The molecule has 0 saturated carbocycles. The largest absolute Gasteiger partial charge is 0.259 e. The second-order valence-electron chi connectivity index (χ2n) is 12.7. The molecule has 2 heteroatoms. The fourth-order valence-corrected chi connectivity index (χ4v) is 2.13. The van der Waals surface area contributed by atoms with E-state index in [0.717, 1.165) is 0 Å². The maximum absolute atomic E-state index is 4.85. The van der Waals surface area contributed by atoms with Gasteiger partial charge in [0, 0.05) is 10.8 Å². The average Bonchev–Trinajstić information content (AvgIpc) is 2.73. The van der Waals surface area contributed by atoms with Crippen LogP contribution in [0, 0.1) is 10.8 Å². The number of hydrogen-bond donors (Lipinski definition) is 0. The highest BCUT2D eigenvalue weighted by molar-refractivity contribution is 5.83. The van der Waals surface area contributed by atoms with Crippen LogP contribution in [-0.4, -0.2) is 9.78 Å². The second kappa shape index (κ2) is 8.80. The summed E-state index contributed by atoms with van der Waals surface area (Å²) in [7, 11) is 0. The van der Waals surface area contributed by atoms with Crippen LogP contribution in [0.5, 0.6) is 0 Å². The minimum absolute atomic E-state index is 0.0170. The Labute approximate surface area is 169 Å². The number of benzene rings is 1. The fourth-order valence-electron chi connectivity index (χ4n) is 2.13. The van der Waals surface area contributed by atoms with Crippen LogP contribution in [-0.2, 0) is 11.0 Å². The minimum atomic E-state index is 0.0170. The number of rotatable bonds is 0. The quantitative estimate of drug-likeness (QED) is 0.454. The molecular formula is C25H46N2. The molecule has 0 fully saturated rings. The molecule has 0 aliphatic rings. The van der Waals surface area contributed by atoms with Crippen molar-refractivity contribution in [2.45, 2.75) is 108 Å². The van der Waals surface area contributed by atoms with Gasteiger partial charge < -0.3 is 0 Å². The van der Waals surface area contributed by atoms with E-state index in [9.17, 15) is 0 Å². The van der Waals surface area contributed by atoms with Crippen LogP contribution in [0.25, 0.3) is 10.9 Å². The summed E-state index contributed by atoms with van der Waals surface area (Å²) in [5, 5.41) is 6.12. The van der Waals surface area contributed by atoms with Crippen LogP contribution in [0.15, 0.2) is 24.3 Å². The monoisotopic (exact) mass is 374 g/mol. The normalized spacial score (nSPS) is 12.8. The van der Waals surface area contributed by atoms with Gasteiger partial charge in [-0.1, -0.05) is 94.4 Å². The molecule has 0 spiro atoms. The lowest BCUT2D eigenvalue weighted by Crippen LogP contribution is -2.24. The summed E-state index contributed by atoms with van der Waals surface area (Å²) in [5.41, 5.74) is 3.51. The van der Waals surface area contributed by atoms with Crippen molar-refractivity contribution in [1.82, 2.24) is 9.78 Å². The maximum atomic E-state index is 4.85. The predicted octanol–water partition coefficient (Wildman–Crippen LogP) is 8.19. The summed E-state index contributed by atoms with van der Waals surface area (Å²) in [5.74, 6) is 0. The first kappa shape index (κ1) is 25.7. The smallest absolute Gasteiger partial charge is 0.0756 e. The molecule has 2 nitrogen and oxygen atoms in total. The fraction of sp³-hybridized carbons (Fsp3) is 0.720. The molecule has 27 heavy (non-hydrogen) atoms. The van der Waals surface area contributed by atoms with E-state index in [-0.39, 0.29) is 11.0 Å². The van der Waals surface area contributed by atoms with Crippen LogP contribution in [0.3, 0.4) is 0 Å². The molecule has 1 aromatic carbocycles. The van der Waals surface area contributed by atoms with E-state index < -0.39 is 0 Å². The summed E-state index contributed by atoms with van der Waals surface area (Å²) >= 11 is 0. The van der Waals surface area contributed by atoms with Gasteiger partial charge in [0.2, 0.25) is 0 Å². The third-order valence-corrected chi connectivity index (χ3v) is 2.93. The first-order valence-corrected chi connectivity index (χ1v) is 10.2. The van der Waals surface area contributed by atoms with E-state index in [1.807, 2.05) is 0 Å². The van der Waals surface area contributed by atoms with Crippen molar-refractivity contribution in [2.24, 2.45) is 10.8 Å². The zero-order valence-corrected chi connectivity index (χ0v) is 20.7. The Morgan fingerprint density at radius 1 is 0.630 bits per heavy atom. The first-order chi connectivity index (χ1) is 11.7. The summed E-state index contributed by atoms with van der Waals surface area (Å²) in [6.07, 6.45) is 0. The van der Waals surface area contributed by atoms with E-state index in [2.05, 4.69) is 126 Å². The molecule has 0 aliphatic heterocycles. The van der Waals surface area contributed by atoms with Gasteiger partial charge in [-0.15, -0.1) is 0 Å². The Balaban J connectivity index is 0.000000563. The highest BCUT2D eigenvalue weighted by Gasteiger charge is 2.25. The number of aromatic nitrogens is 2. The summed E-state index contributed by atoms with van der Waals surface area (Å²) in [4.78, 5) is 0. The zero-order chi connectivity index (χ0) is 21.8. The molecule has 0 atom stereocenters. The number of nitrogens with zero attached hydrogens (tertiary/aromatic N) is 2. The molecule has 0 radical (unpaired) electrons. The molecule has 0 amide bonds. The number of hydrogen-bond acceptors (Lipinski definition) is 1. The van der Waals surface area contributed by atoms with E-state index in [1.165, 1.54) is 16.6 Å². The Bertz CT molecular complexity index is 621. The summed E-state index contributed by atoms with van der Waals surface area (Å²) in [6.45, 7) is 30.7. The van der Waals surface area contributed by atoms with Crippen molar-refractivity contribution in [1.29, 1.82) is 0 Å². The number of para-hydroxylation sites is 1. The summed E-state index contributed by atoms with van der Waals surface area (Å²) < 4.78 is 2.14. The van der Waals surface area contributed by atoms with Gasteiger partial charge in [-0.3, -0.25) is 4.68 Å². The minimum Gasteiger partial charge on any atom is -0.259 e. The summed E-state index contributed by atoms with van der Waals surface area (Å²) in [6, 6.07) is 8.50. The predicted molar refractivity (Wildman–Crippen MR) is 124 cm³/mol. The van der Waals surface area contributed by atoms with Gasteiger partial charge in [-0.25, -0.2) is 0 Å². The molecule has 2 rings (SSSR count). The lowest BCUT2D eigenvalue weighted by molar-refractivity contribution is 0.360. The SMILES string of the molecule is CC(C)(C)C.CC(C)(C)C.CC(C)(C)c1nn(C(C)(C)C)c2ccccc12. The highest BCUT2D eigenvalue weighted by Crippen LogP contribution is 2.31. The third kappa shape index (κ3) is 11.2. The molecule has 0 unspecified atom stereocenters. The maximum Gasteiger partial charge on any atom is 0.0756 e. The van der Waals surface area contributed by atoms with Gasteiger partial charge in [0.25, 0.3) is 0 Å². The van der Waals surface area contributed by atoms with E-state index in [0.29, 0.717) is 10.8 Å². The van der Waals surface area contributed by atoms with Crippen molar-refractivity contribution < 1.29 is 0 Å². The van der Waals surface area contributed by atoms with Gasteiger partial charge in [-0.2, -0.15) is 5.10 Å². The zero-order valence-electron chi connectivity index (χ0n) is 20.7. The van der Waals surface area contributed by atoms with Crippen molar-refractivity contribution in [3.8, 4) is 0 Å². The Morgan fingerprint density at radius 3 is 1.33 bits per heavy atom. The molecule has 0 bridgehead atoms. The molecule has 1 aromatic heterocycles. The Morgan fingerprint density at radius 2 is 1.00 bits per heavy atom. The van der Waals surface area contributed by atoms with Gasteiger partial charge in [-0.05, 0) is 37.7 Å². The first-order valence-electron chi connectivity index (χ1n) is 10.2. The molecule has 0 N–H and O–H groups in total. The van der Waals surface area contributed by atoms with Crippen LogP contribution >= 0.6 is 0 Å². The van der Waals surface area contributed by atoms with Gasteiger partial charge >= 0.3 is 0 Å². The van der Waals surface area contributed by atoms with Crippen molar-refractivity contribution in [3.63, 3.8) is 0 Å². The molecule has 0 aliphatic carbocycles. The topological polar surface area (TPSA) is 17.8 Å². The van der Waals surface area contributed by atoms with Crippen LogP contribution in [0.4, 0.5) is 0 Å². The third-order valence-electron chi connectivity index (χ3n) is 2.93. The van der Waals surface area contributed by atoms with Gasteiger partial charge in [0.15, 0.2) is 0 Å². The number of fused-ring (bicyclic) bond motifs is 1. The van der Waals surface area contributed by atoms with E-state index in [4.69, 9.17) is 5.10 Å². The van der Waals surface area contributed by atoms with Crippen LogP contribution in [0.2, 0.25) is 0 Å². The van der Waals surface area contributed by atoms with E-state index in [1.54, 1.807) is 0 Å². The van der Waals surface area contributed by atoms with E-state index >= 15 is 0 Å². The van der Waals surface area contributed by atoms with Crippen LogP contribution < -0.4 is 0 Å². The van der Waals surface area contributed by atoms with Crippen molar-refractivity contribution >= 4 is 10.9 Å². The van der Waals surface area contributed by atoms with Crippen molar-refractivity contribution in [3.05, 3.63) is 30.0 Å². The Kier molecular flexibility index (Phi) is 8.37. The standard InChI is InChI=1S/C15H22N2.2C5H12/c1-14(2,3)13-11-9-7-8-10-12(11)17(16-13)15(4,5)6;2*1-5(2,3)4/h7-10H,1-6H3;2*1-4H3. The van der Waals surface area contributed by atoms with Crippen molar-refractivity contribution in [2.75, 3.05) is 0 Å². The average molecular weight is 375 g/mol.